The van der Waals surface area contributed by atoms with Crippen LogP contribution in [0.3, 0.4) is 0 Å². The lowest BCUT2D eigenvalue weighted by Crippen LogP contribution is -2.24. The first-order valence-corrected chi connectivity index (χ1v) is 4.41. The van der Waals surface area contributed by atoms with Gasteiger partial charge in [0.1, 0.15) is 0 Å². The Balaban J connectivity index is 2.67. The Bertz CT molecular complexity index is 338. The van der Waals surface area contributed by atoms with E-state index in [0.717, 1.165) is 0 Å². The zero-order chi connectivity index (χ0) is 11.1. The maximum atomic E-state index is 11.0. The van der Waals surface area contributed by atoms with Crippen LogP contribution in [0.15, 0.2) is 29.4 Å². The molecule has 0 spiro atoms. The Morgan fingerprint density at radius 1 is 1.73 bits per heavy atom. The van der Waals surface area contributed by atoms with Crippen LogP contribution < -0.4 is 0 Å². The lowest BCUT2D eigenvalue weighted by molar-refractivity contribution is -0.142. The van der Waals surface area contributed by atoms with Gasteiger partial charge in [-0.1, -0.05) is 6.07 Å². The highest BCUT2D eigenvalue weighted by Gasteiger charge is 2.15. The van der Waals surface area contributed by atoms with Gasteiger partial charge in [-0.25, -0.2) is 4.79 Å². The maximum Gasteiger partial charge on any atom is 0.332 e. The highest BCUT2D eigenvalue weighted by Crippen LogP contribution is 1.95. The SMILES string of the molecule is COC(=O)[C@H](CO)N=Cc1ccccn1. The molecule has 0 fully saturated rings. The number of carbonyl (C=O) groups is 1. The van der Waals surface area contributed by atoms with Crippen LogP contribution >= 0.6 is 0 Å². The zero-order valence-corrected chi connectivity index (χ0v) is 8.33. The maximum absolute atomic E-state index is 11.0. The van der Waals surface area contributed by atoms with Gasteiger partial charge in [0.2, 0.25) is 0 Å². The molecule has 0 aliphatic heterocycles. The van der Waals surface area contributed by atoms with E-state index in [1.54, 1.807) is 24.4 Å². The van der Waals surface area contributed by atoms with E-state index in [0.29, 0.717) is 5.69 Å². The molecule has 0 aliphatic carbocycles. The van der Waals surface area contributed by atoms with E-state index in [1.807, 2.05) is 0 Å². The number of aliphatic hydroxyl groups is 1. The number of methoxy groups -OCH3 is 1. The minimum absolute atomic E-state index is 0.379. The van der Waals surface area contributed by atoms with E-state index in [-0.39, 0.29) is 6.61 Å². The first kappa shape index (κ1) is 11.3. The second kappa shape index (κ2) is 5.87. The molecule has 0 unspecified atom stereocenters. The fraction of sp³-hybridized carbons (Fsp3) is 0.300. The molecule has 15 heavy (non-hydrogen) atoms. The normalized spacial score (nSPS) is 12.7. The summed E-state index contributed by atoms with van der Waals surface area (Å²) in [5, 5.41) is 8.87. The molecule has 0 saturated carbocycles. The van der Waals surface area contributed by atoms with E-state index in [2.05, 4.69) is 14.7 Å². The predicted octanol–water partition coefficient (Wildman–Crippen LogP) is 0.0344. The molecule has 5 heteroatoms. The minimum atomic E-state index is -0.878. The third-order valence-electron chi connectivity index (χ3n) is 1.72. The molecule has 0 radical (unpaired) electrons. The average Bonchev–Trinajstić information content (AvgIpc) is 2.31. The number of ether oxygens (including phenoxy) is 1. The summed E-state index contributed by atoms with van der Waals surface area (Å²) in [4.78, 5) is 18.9. The molecule has 1 aromatic rings. The summed E-state index contributed by atoms with van der Waals surface area (Å²) >= 11 is 0. The number of aliphatic imine (C=N–C) groups is 1. The molecule has 80 valence electrons. The fourth-order valence-electron chi connectivity index (χ4n) is 0.937. The Morgan fingerprint density at radius 3 is 3.07 bits per heavy atom. The van der Waals surface area contributed by atoms with Crippen LogP contribution in [-0.4, -0.2) is 42.0 Å². The van der Waals surface area contributed by atoms with Crippen LogP contribution in [0.4, 0.5) is 0 Å². The van der Waals surface area contributed by atoms with Gasteiger partial charge in [0.15, 0.2) is 6.04 Å². The number of rotatable bonds is 4. The first-order valence-electron chi connectivity index (χ1n) is 4.41. The van der Waals surface area contributed by atoms with Gasteiger partial charge in [-0.3, -0.25) is 9.98 Å². The number of esters is 1. The van der Waals surface area contributed by atoms with Gasteiger partial charge < -0.3 is 9.84 Å². The summed E-state index contributed by atoms with van der Waals surface area (Å²) in [6, 6.07) is 4.45. The zero-order valence-electron chi connectivity index (χ0n) is 8.33. The number of nitrogens with zero attached hydrogens (tertiary/aromatic N) is 2. The summed E-state index contributed by atoms with van der Waals surface area (Å²) in [5.41, 5.74) is 0.625. The monoisotopic (exact) mass is 208 g/mol. The Kier molecular flexibility index (Phi) is 4.43. The van der Waals surface area contributed by atoms with Crippen LogP contribution in [0.1, 0.15) is 5.69 Å². The highest BCUT2D eigenvalue weighted by molar-refractivity contribution is 5.82. The third kappa shape index (κ3) is 3.47. The fourth-order valence-corrected chi connectivity index (χ4v) is 0.937. The number of aliphatic hydroxyl groups excluding tert-OH is 1. The molecule has 1 N–H and O–H groups in total. The van der Waals surface area contributed by atoms with Gasteiger partial charge in [0.05, 0.1) is 19.4 Å². The van der Waals surface area contributed by atoms with Gasteiger partial charge >= 0.3 is 5.97 Å². The van der Waals surface area contributed by atoms with Crippen molar-refractivity contribution in [2.24, 2.45) is 4.99 Å². The molecule has 0 aliphatic rings. The van der Waals surface area contributed by atoms with E-state index in [1.165, 1.54) is 13.3 Å². The Morgan fingerprint density at radius 2 is 2.53 bits per heavy atom. The number of hydrogen-bond acceptors (Lipinski definition) is 5. The van der Waals surface area contributed by atoms with Crippen LogP contribution in [0.25, 0.3) is 0 Å². The van der Waals surface area contributed by atoms with Crippen LogP contribution in [0.5, 0.6) is 0 Å². The van der Waals surface area contributed by atoms with E-state index in [9.17, 15) is 4.79 Å². The summed E-state index contributed by atoms with van der Waals surface area (Å²) in [5.74, 6) is -0.565. The van der Waals surface area contributed by atoms with Crippen molar-refractivity contribution in [3.05, 3.63) is 30.1 Å². The summed E-state index contributed by atoms with van der Waals surface area (Å²) in [6.45, 7) is -0.379. The van der Waals surface area contributed by atoms with Crippen molar-refractivity contribution >= 4 is 12.2 Å². The number of carbonyl (C=O) groups excluding carboxylic acids is 1. The molecule has 0 amide bonds. The van der Waals surface area contributed by atoms with Crippen molar-refractivity contribution in [1.29, 1.82) is 0 Å². The Labute approximate surface area is 87.4 Å². The summed E-state index contributed by atoms with van der Waals surface area (Å²) < 4.78 is 4.46. The molecule has 0 bridgehead atoms. The Hall–Kier alpha value is -1.75. The molecule has 0 aromatic carbocycles. The lowest BCUT2D eigenvalue weighted by atomic mass is 10.3. The van der Waals surface area contributed by atoms with Crippen LogP contribution in [0, 0.1) is 0 Å². The number of aromatic nitrogens is 1. The third-order valence-corrected chi connectivity index (χ3v) is 1.72. The lowest BCUT2D eigenvalue weighted by Gasteiger charge is -2.05. The van der Waals surface area contributed by atoms with Crippen molar-refractivity contribution in [2.45, 2.75) is 6.04 Å². The van der Waals surface area contributed by atoms with Crippen LogP contribution in [-0.2, 0) is 9.53 Å². The van der Waals surface area contributed by atoms with Gasteiger partial charge in [-0.05, 0) is 12.1 Å². The molecule has 1 heterocycles. The summed E-state index contributed by atoms with van der Waals surface area (Å²) in [6.07, 6.45) is 3.05. The van der Waals surface area contributed by atoms with Crippen molar-refractivity contribution in [2.75, 3.05) is 13.7 Å². The molecule has 1 atom stereocenters. The molecular formula is C10H12N2O3. The van der Waals surface area contributed by atoms with E-state index >= 15 is 0 Å². The van der Waals surface area contributed by atoms with Gasteiger partial charge in [0, 0.05) is 12.4 Å². The minimum Gasteiger partial charge on any atom is -0.467 e. The highest BCUT2D eigenvalue weighted by atomic mass is 16.5. The smallest absolute Gasteiger partial charge is 0.332 e. The topological polar surface area (TPSA) is 71.8 Å². The first-order chi connectivity index (χ1) is 7.27. The van der Waals surface area contributed by atoms with Crippen molar-refractivity contribution < 1.29 is 14.6 Å². The van der Waals surface area contributed by atoms with Crippen molar-refractivity contribution in [1.82, 2.24) is 4.98 Å². The largest absolute Gasteiger partial charge is 0.467 e. The second-order valence-electron chi connectivity index (χ2n) is 2.75. The van der Waals surface area contributed by atoms with E-state index < -0.39 is 12.0 Å². The van der Waals surface area contributed by atoms with E-state index in [4.69, 9.17) is 5.11 Å². The number of pyridine rings is 1. The van der Waals surface area contributed by atoms with Gasteiger partial charge in [-0.15, -0.1) is 0 Å². The van der Waals surface area contributed by atoms with Crippen molar-refractivity contribution in [3.8, 4) is 0 Å². The predicted molar refractivity (Wildman–Crippen MR) is 54.7 cm³/mol. The van der Waals surface area contributed by atoms with Gasteiger partial charge in [0.25, 0.3) is 0 Å². The molecule has 5 nitrogen and oxygen atoms in total. The average molecular weight is 208 g/mol. The second-order valence-corrected chi connectivity index (χ2v) is 2.75. The molecular weight excluding hydrogens is 196 g/mol. The quantitative estimate of drug-likeness (QED) is 0.560. The molecule has 1 rings (SSSR count). The summed E-state index contributed by atoms with van der Waals surface area (Å²) in [7, 11) is 1.25. The standard InChI is InChI=1S/C10H12N2O3/c1-15-10(14)9(7-13)12-6-8-4-2-3-5-11-8/h2-6,9,13H,7H2,1H3/t9-/m0/s1. The molecule has 1 aromatic heterocycles. The van der Waals surface area contributed by atoms with Crippen molar-refractivity contribution in [3.63, 3.8) is 0 Å². The van der Waals surface area contributed by atoms with Crippen LogP contribution in [0.2, 0.25) is 0 Å². The number of hydrogen-bond donors (Lipinski definition) is 1. The van der Waals surface area contributed by atoms with Gasteiger partial charge in [-0.2, -0.15) is 0 Å². The molecule has 0 saturated heterocycles.